The maximum atomic E-state index is 12.2. The second-order valence-electron chi connectivity index (χ2n) is 9.81. The minimum Gasteiger partial charge on any atom is -0.504 e. The molecule has 3 rings (SSSR count). The summed E-state index contributed by atoms with van der Waals surface area (Å²) in [5.74, 6) is -2.05. The van der Waals surface area contributed by atoms with E-state index in [0.717, 1.165) is 6.08 Å². The normalized spacial score (nSPS) is 23.6. The number of aliphatic carboxylic acids is 1. The number of carbonyl (C=O) groups excluding carboxylic acids is 1. The Morgan fingerprint density at radius 3 is 2.29 bits per heavy atom. The lowest BCUT2D eigenvalue weighted by atomic mass is 9.99. The second kappa shape index (κ2) is 16.4. The molecule has 2 aromatic rings. The van der Waals surface area contributed by atoms with Crippen LogP contribution < -0.4 is 14.2 Å². The number of carboxylic acid groups (broad SMARTS) is 1. The largest absolute Gasteiger partial charge is 0.504 e. The number of phenolic OH excluding ortho intramolecular Hbond substituents is 1. The zero-order valence-corrected chi connectivity index (χ0v) is 24.2. The average molecular weight is 641 g/mol. The van der Waals surface area contributed by atoms with E-state index in [-0.39, 0.29) is 23.0 Å². The molecule has 1 heterocycles. The molecule has 0 radical (unpaired) electrons. The van der Waals surface area contributed by atoms with E-state index < -0.39 is 80.8 Å². The Morgan fingerprint density at radius 1 is 0.933 bits per heavy atom. The molecule has 16 nitrogen and oxygen atoms in total. The highest BCUT2D eigenvalue weighted by atomic mass is 16.7. The van der Waals surface area contributed by atoms with E-state index in [2.05, 4.69) is 0 Å². The zero-order chi connectivity index (χ0) is 33.3. The molecule has 1 fully saturated rings. The predicted octanol–water partition coefficient (Wildman–Crippen LogP) is -1.29. The van der Waals surface area contributed by atoms with E-state index in [0.29, 0.717) is 11.1 Å². The number of aromatic hydroxyl groups is 1. The zero-order valence-electron chi connectivity index (χ0n) is 24.2. The third-order valence-electron chi connectivity index (χ3n) is 6.64. The monoisotopic (exact) mass is 640 g/mol. The van der Waals surface area contributed by atoms with Crippen LogP contribution in [0, 0.1) is 0 Å². The van der Waals surface area contributed by atoms with Gasteiger partial charge in [0.2, 0.25) is 0 Å². The van der Waals surface area contributed by atoms with Crippen molar-refractivity contribution >= 4 is 18.0 Å². The Labute approximate surface area is 256 Å². The van der Waals surface area contributed by atoms with Crippen molar-refractivity contribution in [2.24, 2.45) is 0 Å². The maximum Gasteiger partial charge on any atom is 0.335 e. The number of carboxylic acids is 1. The summed E-state index contributed by atoms with van der Waals surface area (Å²) in [6, 6.07) is 8.75. The molecule has 0 bridgehead atoms. The fraction of sp³-hybridized carbons (Fsp3) is 0.448. The van der Waals surface area contributed by atoms with E-state index in [9.17, 15) is 45.3 Å². The first kappa shape index (κ1) is 35.5. The van der Waals surface area contributed by atoms with Gasteiger partial charge in [0.15, 0.2) is 41.5 Å². The number of carbonyl (C=O) groups is 2. The fourth-order valence-corrected chi connectivity index (χ4v) is 4.18. The SMILES string of the molecule is COc1cc(C(O)C(CO)Oc2ccc(/C=C/C(=O)OCC(O)CO[C@@H]3O[C@H](C(=O)O)[C@H](O)[C@H](O)[C@H]3O)cc2OC)ccc1O. The molecule has 0 saturated carbocycles. The van der Waals surface area contributed by atoms with Gasteiger partial charge in [-0.05, 0) is 41.5 Å². The highest BCUT2D eigenvalue weighted by molar-refractivity contribution is 5.87. The third kappa shape index (κ3) is 9.25. The molecule has 0 aromatic heterocycles. The quantitative estimate of drug-likeness (QED) is 0.0833. The molecular weight excluding hydrogens is 604 g/mol. The van der Waals surface area contributed by atoms with Gasteiger partial charge < -0.3 is 69.3 Å². The molecule has 8 atom stereocenters. The van der Waals surface area contributed by atoms with Crippen molar-refractivity contribution in [3.63, 3.8) is 0 Å². The van der Waals surface area contributed by atoms with Crippen molar-refractivity contribution in [3.05, 3.63) is 53.6 Å². The van der Waals surface area contributed by atoms with Gasteiger partial charge in [0.25, 0.3) is 0 Å². The van der Waals surface area contributed by atoms with Gasteiger partial charge in [-0.3, -0.25) is 0 Å². The minimum absolute atomic E-state index is 0.124. The Balaban J connectivity index is 1.53. The molecule has 2 aromatic carbocycles. The van der Waals surface area contributed by atoms with Gasteiger partial charge in [-0.25, -0.2) is 9.59 Å². The van der Waals surface area contributed by atoms with Gasteiger partial charge in [0.05, 0.1) is 27.4 Å². The summed E-state index contributed by atoms with van der Waals surface area (Å²) in [5, 5.41) is 79.0. The first-order chi connectivity index (χ1) is 21.4. The van der Waals surface area contributed by atoms with Crippen LogP contribution in [-0.2, 0) is 23.8 Å². The summed E-state index contributed by atoms with van der Waals surface area (Å²) in [5.41, 5.74) is 0.796. The van der Waals surface area contributed by atoms with Gasteiger partial charge in [0, 0.05) is 6.08 Å². The second-order valence-corrected chi connectivity index (χ2v) is 9.81. The summed E-state index contributed by atoms with van der Waals surface area (Å²) in [6.07, 6.45) is -10.5. The van der Waals surface area contributed by atoms with E-state index in [1.807, 2.05) is 0 Å². The molecule has 8 N–H and O–H groups in total. The smallest absolute Gasteiger partial charge is 0.335 e. The summed E-state index contributed by atoms with van der Waals surface area (Å²) < 4.78 is 31.2. The van der Waals surface area contributed by atoms with Crippen LogP contribution in [0.1, 0.15) is 17.2 Å². The van der Waals surface area contributed by atoms with Crippen LogP contribution >= 0.6 is 0 Å². The number of rotatable bonds is 15. The van der Waals surface area contributed by atoms with Crippen molar-refractivity contribution < 1.29 is 78.9 Å². The summed E-state index contributed by atoms with van der Waals surface area (Å²) in [4.78, 5) is 23.3. The number of aliphatic hydroxyl groups excluding tert-OH is 6. The standard InChI is InChI=1S/C29H36O16/c1-40-19-10-15(5-6-17(19)32)23(34)21(11-30)44-18-7-3-14(9-20(18)41-2)4-8-22(33)42-12-16(31)13-43-29-26(37)24(35)25(36)27(45-29)28(38)39/h3-10,16,21,23-27,29-32,34-37H,11-13H2,1-2H3,(H,38,39)/b8-4+/t16?,21?,23?,24-,25+,26+,27-,29+/m0/s1. The molecule has 1 aliphatic rings. The number of hydrogen-bond acceptors (Lipinski definition) is 15. The van der Waals surface area contributed by atoms with E-state index >= 15 is 0 Å². The van der Waals surface area contributed by atoms with Gasteiger partial charge in [-0.2, -0.15) is 0 Å². The van der Waals surface area contributed by atoms with Crippen LogP contribution in [0.15, 0.2) is 42.5 Å². The lowest BCUT2D eigenvalue weighted by Gasteiger charge is -2.38. The molecule has 0 amide bonds. The number of phenols is 1. The topological polar surface area (TPSA) is 251 Å². The highest BCUT2D eigenvalue weighted by Gasteiger charge is 2.47. The fourth-order valence-electron chi connectivity index (χ4n) is 4.18. The predicted molar refractivity (Wildman–Crippen MR) is 150 cm³/mol. The number of hydrogen-bond donors (Lipinski definition) is 8. The Kier molecular flexibility index (Phi) is 12.9. The third-order valence-corrected chi connectivity index (χ3v) is 6.64. The molecule has 3 unspecified atom stereocenters. The van der Waals surface area contributed by atoms with Gasteiger partial charge in [-0.1, -0.05) is 12.1 Å². The molecular formula is C29H36O16. The average Bonchev–Trinajstić information content (AvgIpc) is 3.03. The maximum absolute atomic E-state index is 12.2. The van der Waals surface area contributed by atoms with Crippen LogP contribution in [0.25, 0.3) is 6.08 Å². The molecule has 248 valence electrons. The van der Waals surface area contributed by atoms with Crippen molar-refractivity contribution in [3.8, 4) is 23.0 Å². The van der Waals surface area contributed by atoms with Crippen LogP contribution in [-0.4, -0.2) is 130 Å². The minimum atomic E-state index is -1.90. The molecule has 1 saturated heterocycles. The number of methoxy groups -OCH3 is 2. The summed E-state index contributed by atoms with van der Waals surface area (Å²) in [7, 11) is 2.72. The van der Waals surface area contributed by atoms with Crippen LogP contribution in [0.4, 0.5) is 0 Å². The Hall–Kier alpha value is -4.00. The van der Waals surface area contributed by atoms with Crippen molar-refractivity contribution in [2.75, 3.05) is 34.0 Å². The van der Waals surface area contributed by atoms with Crippen LogP contribution in [0.3, 0.4) is 0 Å². The lowest BCUT2D eigenvalue weighted by molar-refractivity contribution is -0.298. The summed E-state index contributed by atoms with van der Waals surface area (Å²) >= 11 is 0. The Bertz CT molecular complexity index is 1320. The lowest BCUT2D eigenvalue weighted by Crippen LogP contribution is -2.60. The number of esters is 1. The number of benzene rings is 2. The van der Waals surface area contributed by atoms with Crippen LogP contribution in [0.5, 0.6) is 23.0 Å². The highest BCUT2D eigenvalue weighted by Crippen LogP contribution is 2.34. The molecule has 1 aliphatic heterocycles. The first-order valence-electron chi connectivity index (χ1n) is 13.5. The van der Waals surface area contributed by atoms with Gasteiger partial charge >= 0.3 is 11.9 Å². The molecule has 16 heteroatoms. The molecule has 0 aliphatic carbocycles. The van der Waals surface area contributed by atoms with Crippen molar-refractivity contribution in [2.45, 2.75) is 49.0 Å². The molecule has 0 spiro atoms. The summed E-state index contributed by atoms with van der Waals surface area (Å²) in [6.45, 7) is -1.69. The molecule has 45 heavy (non-hydrogen) atoms. The number of aliphatic hydroxyl groups is 6. The van der Waals surface area contributed by atoms with E-state index in [1.54, 1.807) is 6.07 Å². The Morgan fingerprint density at radius 2 is 1.64 bits per heavy atom. The van der Waals surface area contributed by atoms with Gasteiger partial charge in [0.1, 0.15) is 37.1 Å². The van der Waals surface area contributed by atoms with E-state index in [4.69, 9.17) is 33.5 Å². The van der Waals surface area contributed by atoms with Crippen molar-refractivity contribution in [1.82, 2.24) is 0 Å². The number of ether oxygens (including phenoxy) is 6. The van der Waals surface area contributed by atoms with E-state index in [1.165, 1.54) is 50.6 Å². The van der Waals surface area contributed by atoms with Gasteiger partial charge in [-0.15, -0.1) is 0 Å². The first-order valence-corrected chi connectivity index (χ1v) is 13.5. The van der Waals surface area contributed by atoms with Crippen LogP contribution in [0.2, 0.25) is 0 Å². The van der Waals surface area contributed by atoms with Crippen molar-refractivity contribution in [1.29, 1.82) is 0 Å².